The lowest BCUT2D eigenvalue weighted by Gasteiger charge is -2.18. The maximum atomic E-state index is 12.6. The minimum Gasteiger partial charge on any atom is -0.332 e. The molecule has 0 bridgehead atoms. The van der Waals surface area contributed by atoms with E-state index in [1.807, 2.05) is 6.92 Å². The standard InChI is InChI=1S/C14H14F3N3O2S/c1-7-8(2)23-11-10(7)13(22)20(6-18-11)9-3-4-19(12(9)21)5-14(15,16)17/h6,9H,3-5H2,1-2H3. The number of aromatic nitrogens is 2. The van der Waals surface area contributed by atoms with Gasteiger partial charge in [-0.05, 0) is 25.8 Å². The summed E-state index contributed by atoms with van der Waals surface area (Å²) < 4.78 is 38.6. The second-order valence-corrected chi connectivity index (χ2v) is 6.80. The molecule has 1 amide bonds. The first kappa shape index (κ1) is 16.0. The summed E-state index contributed by atoms with van der Waals surface area (Å²) in [5.41, 5.74) is 0.429. The Balaban J connectivity index is 1.99. The molecule has 3 rings (SSSR count). The van der Waals surface area contributed by atoms with Gasteiger partial charge < -0.3 is 4.90 Å². The van der Waals surface area contributed by atoms with E-state index in [4.69, 9.17) is 0 Å². The van der Waals surface area contributed by atoms with Crippen molar-refractivity contribution in [1.29, 1.82) is 0 Å². The first-order valence-corrected chi connectivity index (χ1v) is 7.83. The van der Waals surface area contributed by atoms with E-state index in [0.717, 1.165) is 15.3 Å². The minimum absolute atomic E-state index is 0.0187. The number of aryl methyl sites for hydroxylation is 2. The number of carbonyl (C=O) groups is 1. The maximum absolute atomic E-state index is 12.6. The van der Waals surface area contributed by atoms with Gasteiger partial charge in [0.25, 0.3) is 5.56 Å². The van der Waals surface area contributed by atoms with Gasteiger partial charge in [0, 0.05) is 11.4 Å². The lowest BCUT2D eigenvalue weighted by atomic mass is 10.2. The zero-order valence-corrected chi connectivity index (χ0v) is 13.3. The Morgan fingerprint density at radius 1 is 1.35 bits per heavy atom. The number of alkyl halides is 3. The zero-order chi connectivity index (χ0) is 16.9. The van der Waals surface area contributed by atoms with Crippen LogP contribution in [0.2, 0.25) is 0 Å². The number of thiophene rings is 1. The molecule has 1 atom stereocenters. The topological polar surface area (TPSA) is 55.2 Å². The highest BCUT2D eigenvalue weighted by atomic mass is 32.1. The Labute approximate surface area is 133 Å². The van der Waals surface area contributed by atoms with Gasteiger partial charge in [0.15, 0.2) is 0 Å². The summed E-state index contributed by atoms with van der Waals surface area (Å²) in [5.74, 6) is -0.685. The molecule has 0 radical (unpaired) electrons. The molecule has 5 nitrogen and oxygen atoms in total. The van der Waals surface area contributed by atoms with Crippen molar-refractivity contribution in [3.8, 4) is 0 Å². The highest BCUT2D eigenvalue weighted by molar-refractivity contribution is 7.18. The quantitative estimate of drug-likeness (QED) is 0.840. The fourth-order valence-electron chi connectivity index (χ4n) is 2.82. The van der Waals surface area contributed by atoms with Crippen LogP contribution in [0.4, 0.5) is 13.2 Å². The van der Waals surface area contributed by atoms with Crippen LogP contribution < -0.4 is 5.56 Å². The smallest absolute Gasteiger partial charge is 0.332 e. The number of hydrogen-bond acceptors (Lipinski definition) is 4. The van der Waals surface area contributed by atoms with Crippen LogP contribution in [-0.2, 0) is 4.79 Å². The molecule has 23 heavy (non-hydrogen) atoms. The lowest BCUT2D eigenvalue weighted by molar-refractivity contribution is -0.158. The van der Waals surface area contributed by atoms with Crippen LogP contribution in [0.25, 0.3) is 10.2 Å². The average Bonchev–Trinajstić information content (AvgIpc) is 2.92. The van der Waals surface area contributed by atoms with Gasteiger partial charge in [-0.15, -0.1) is 11.3 Å². The summed E-state index contributed by atoms with van der Waals surface area (Å²) in [4.78, 5) is 31.3. The van der Waals surface area contributed by atoms with E-state index in [1.165, 1.54) is 22.2 Å². The van der Waals surface area contributed by atoms with Gasteiger partial charge in [0.2, 0.25) is 5.91 Å². The van der Waals surface area contributed by atoms with Crippen LogP contribution in [-0.4, -0.2) is 39.6 Å². The third-order valence-electron chi connectivity index (χ3n) is 4.09. The van der Waals surface area contributed by atoms with Crippen molar-refractivity contribution < 1.29 is 18.0 Å². The third-order valence-corrected chi connectivity index (χ3v) is 5.20. The van der Waals surface area contributed by atoms with Gasteiger partial charge in [-0.2, -0.15) is 13.2 Å². The van der Waals surface area contributed by atoms with Crippen LogP contribution in [0, 0.1) is 13.8 Å². The van der Waals surface area contributed by atoms with Crippen LogP contribution in [0.1, 0.15) is 22.9 Å². The molecular formula is C14H14F3N3O2S. The molecule has 1 aliphatic heterocycles. The van der Waals surface area contributed by atoms with Crippen molar-refractivity contribution >= 4 is 27.5 Å². The monoisotopic (exact) mass is 345 g/mol. The van der Waals surface area contributed by atoms with Crippen molar-refractivity contribution in [3.63, 3.8) is 0 Å². The van der Waals surface area contributed by atoms with Crippen LogP contribution in [0.5, 0.6) is 0 Å². The molecule has 1 saturated heterocycles. The molecule has 0 spiro atoms. The molecule has 9 heteroatoms. The van der Waals surface area contributed by atoms with Gasteiger partial charge in [-0.1, -0.05) is 0 Å². The van der Waals surface area contributed by atoms with Gasteiger partial charge in [0.05, 0.1) is 11.7 Å². The number of hydrogen-bond donors (Lipinski definition) is 0. The van der Waals surface area contributed by atoms with Crippen molar-refractivity contribution in [2.24, 2.45) is 0 Å². The molecule has 2 aromatic heterocycles. The largest absolute Gasteiger partial charge is 0.406 e. The van der Waals surface area contributed by atoms with E-state index in [2.05, 4.69) is 4.98 Å². The summed E-state index contributed by atoms with van der Waals surface area (Å²) in [6, 6.07) is -0.915. The van der Waals surface area contributed by atoms with Crippen LogP contribution >= 0.6 is 11.3 Å². The SMILES string of the molecule is Cc1sc2ncn(C3CCN(CC(F)(F)F)C3=O)c(=O)c2c1C. The maximum Gasteiger partial charge on any atom is 0.406 e. The molecule has 0 saturated carbocycles. The van der Waals surface area contributed by atoms with Gasteiger partial charge in [-0.25, -0.2) is 4.98 Å². The number of rotatable bonds is 2. The van der Waals surface area contributed by atoms with E-state index in [1.54, 1.807) is 6.92 Å². The Morgan fingerprint density at radius 2 is 2.04 bits per heavy atom. The van der Waals surface area contributed by atoms with E-state index in [-0.39, 0.29) is 18.5 Å². The summed E-state index contributed by atoms with van der Waals surface area (Å²) in [7, 11) is 0. The molecule has 1 fully saturated rings. The van der Waals surface area contributed by atoms with Crippen LogP contribution in [0.3, 0.4) is 0 Å². The molecule has 0 N–H and O–H groups in total. The Kier molecular flexibility index (Phi) is 3.70. The van der Waals surface area contributed by atoms with Crippen molar-refractivity contribution in [1.82, 2.24) is 14.5 Å². The first-order chi connectivity index (χ1) is 10.7. The van der Waals surface area contributed by atoms with Gasteiger partial charge in [0.1, 0.15) is 17.4 Å². The zero-order valence-electron chi connectivity index (χ0n) is 12.5. The lowest BCUT2D eigenvalue weighted by Crippen LogP contribution is -2.38. The first-order valence-electron chi connectivity index (χ1n) is 7.01. The predicted molar refractivity (Wildman–Crippen MR) is 79.6 cm³/mol. The number of fused-ring (bicyclic) bond motifs is 1. The number of halogens is 3. The Morgan fingerprint density at radius 3 is 2.70 bits per heavy atom. The fraction of sp³-hybridized carbons (Fsp3) is 0.500. The molecular weight excluding hydrogens is 331 g/mol. The molecule has 3 heterocycles. The minimum atomic E-state index is -4.45. The van der Waals surface area contributed by atoms with Crippen molar-refractivity contribution in [2.75, 3.05) is 13.1 Å². The predicted octanol–water partition coefficient (Wildman–Crippen LogP) is 2.41. The van der Waals surface area contributed by atoms with E-state index in [9.17, 15) is 22.8 Å². The van der Waals surface area contributed by atoms with E-state index in [0.29, 0.717) is 10.2 Å². The normalized spacial score (nSPS) is 19.1. The second-order valence-electron chi connectivity index (χ2n) is 5.60. The number of carbonyl (C=O) groups excluding carboxylic acids is 1. The van der Waals surface area contributed by atoms with Gasteiger partial charge in [-0.3, -0.25) is 14.2 Å². The summed E-state index contributed by atoms with van der Waals surface area (Å²) in [6.45, 7) is 2.36. The molecule has 0 aromatic carbocycles. The fourth-order valence-corrected chi connectivity index (χ4v) is 3.81. The molecule has 2 aromatic rings. The molecule has 1 aliphatic rings. The van der Waals surface area contributed by atoms with Crippen molar-refractivity contribution in [3.05, 3.63) is 27.1 Å². The molecule has 124 valence electrons. The number of nitrogens with zero attached hydrogens (tertiary/aromatic N) is 3. The summed E-state index contributed by atoms with van der Waals surface area (Å²) >= 11 is 1.38. The summed E-state index contributed by atoms with van der Waals surface area (Å²) in [5, 5.41) is 0.442. The average molecular weight is 345 g/mol. The van der Waals surface area contributed by atoms with Gasteiger partial charge >= 0.3 is 6.18 Å². The van der Waals surface area contributed by atoms with Crippen LogP contribution in [0.15, 0.2) is 11.1 Å². The number of amides is 1. The Bertz CT molecular complexity index is 840. The van der Waals surface area contributed by atoms with E-state index >= 15 is 0 Å². The Hall–Kier alpha value is -1.90. The highest BCUT2D eigenvalue weighted by Gasteiger charge is 2.40. The van der Waals surface area contributed by atoms with Crippen molar-refractivity contribution in [2.45, 2.75) is 32.5 Å². The summed E-state index contributed by atoms with van der Waals surface area (Å²) in [6.07, 6.45) is -3.01. The number of likely N-dealkylation sites (tertiary alicyclic amines) is 1. The molecule has 1 unspecified atom stereocenters. The molecule has 0 aliphatic carbocycles. The third kappa shape index (κ3) is 2.73. The second kappa shape index (κ2) is 5.33. The van der Waals surface area contributed by atoms with E-state index < -0.39 is 24.7 Å². The highest BCUT2D eigenvalue weighted by Crippen LogP contribution is 2.29.